The molecule has 1 aromatic heterocycles. The second kappa shape index (κ2) is 11.2. The first-order chi connectivity index (χ1) is 17.3. The third-order valence-electron chi connectivity index (χ3n) is 5.10. The number of carboxylic acids is 1. The van der Waals surface area contributed by atoms with Gasteiger partial charge in [0.15, 0.2) is 5.13 Å². The number of hydrogen-bond donors (Lipinski definition) is 3. The van der Waals surface area contributed by atoms with Crippen LogP contribution >= 0.6 is 23.1 Å². The van der Waals surface area contributed by atoms with E-state index < -0.39 is 11.9 Å². The summed E-state index contributed by atoms with van der Waals surface area (Å²) >= 11 is 2.76. The fourth-order valence-electron chi connectivity index (χ4n) is 3.36. The highest BCUT2D eigenvalue weighted by Crippen LogP contribution is 2.31. The Morgan fingerprint density at radius 2 is 1.75 bits per heavy atom. The van der Waals surface area contributed by atoms with Crippen molar-refractivity contribution in [2.24, 2.45) is 0 Å². The Hall–Kier alpha value is -3.89. The third-order valence-corrected chi connectivity index (χ3v) is 7.14. The SMILES string of the molecule is CCOc1ccc2nc(NC(=O)C(C)Sc3ccc(NC(=O)c4ccccc4C(=O)O)cc3)sc2c1. The molecule has 0 aliphatic carbocycles. The predicted molar refractivity (Wildman–Crippen MR) is 143 cm³/mol. The summed E-state index contributed by atoms with van der Waals surface area (Å²) in [6.07, 6.45) is 0. The van der Waals surface area contributed by atoms with Crippen molar-refractivity contribution in [1.82, 2.24) is 4.98 Å². The summed E-state index contributed by atoms with van der Waals surface area (Å²) in [6.45, 7) is 4.31. The van der Waals surface area contributed by atoms with Gasteiger partial charge in [-0.25, -0.2) is 9.78 Å². The van der Waals surface area contributed by atoms with E-state index in [-0.39, 0.29) is 22.3 Å². The molecule has 8 nitrogen and oxygen atoms in total. The Morgan fingerprint density at radius 1 is 1.03 bits per heavy atom. The molecular formula is C26H23N3O5S2. The average molecular weight is 522 g/mol. The number of fused-ring (bicyclic) bond motifs is 1. The molecule has 10 heteroatoms. The summed E-state index contributed by atoms with van der Waals surface area (Å²) in [6, 6.07) is 18.7. The van der Waals surface area contributed by atoms with Gasteiger partial charge in [0.1, 0.15) is 5.75 Å². The minimum absolute atomic E-state index is 0.0649. The number of anilines is 2. The molecule has 3 aromatic carbocycles. The maximum Gasteiger partial charge on any atom is 0.336 e. The number of nitrogens with zero attached hydrogens (tertiary/aromatic N) is 1. The predicted octanol–water partition coefficient (Wildman–Crippen LogP) is 5.76. The smallest absolute Gasteiger partial charge is 0.336 e. The first-order valence-corrected chi connectivity index (χ1v) is 12.8. The lowest BCUT2D eigenvalue weighted by atomic mass is 10.1. The monoisotopic (exact) mass is 521 g/mol. The van der Waals surface area contributed by atoms with Crippen molar-refractivity contribution in [3.8, 4) is 5.75 Å². The highest BCUT2D eigenvalue weighted by atomic mass is 32.2. The first kappa shape index (κ1) is 25.2. The van der Waals surface area contributed by atoms with Crippen molar-refractivity contribution in [1.29, 1.82) is 0 Å². The van der Waals surface area contributed by atoms with E-state index in [1.807, 2.05) is 25.1 Å². The number of thiazole rings is 1. The number of carbonyl (C=O) groups is 3. The molecule has 1 atom stereocenters. The molecule has 1 unspecified atom stereocenters. The summed E-state index contributed by atoms with van der Waals surface area (Å²) in [4.78, 5) is 41.9. The van der Waals surface area contributed by atoms with Crippen molar-refractivity contribution in [3.05, 3.63) is 77.9 Å². The van der Waals surface area contributed by atoms with E-state index in [4.69, 9.17) is 4.74 Å². The summed E-state index contributed by atoms with van der Waals surface area (Å²) in [5.41, 5.74) is 1.33. The normalized spacial score (nSPS) is 11.6. The summed E-state index contributed by atoms with van der Waals surface area (Å²) in [5.74, 6) is -1.08. The van der Waals surface area contributed by atoms with Crippen LogP contribution in [-0.2, 0) is 4.79 Å². The van der Waals surface area contributed by atoms with Crippen molar-refractivity contribution in [2.45, 2.75) is 24.0 Å². The molecule has 0 radical (unpaired) electrons. The van der Waals surface area contributed by atoms with Crippen LogP contribution in [-0.4, -0.2) is 39.7 Å². The van der Waals surface area contributed by atoms with E-state index in [1.54, 1.807) is 43.3 Å². The lowest BCUT2D eigenvalue weighted by molar-refractivity contribution is -0.115. The number of carboxylic acid groups (broad SMARTS) is 1. The number of nitrogens with one attached hydrogen (secondary N) is 2. The van der Waals surface area contributed by atoms with Crippen molar-refractivity contribution in [3.63, 3.8) is 0 Å². The molecule has 3 N–H and O–H groups in total. The number of hydrogen-bond acceptors (Lipinski definition) is 7. The first-order valence-electron chi connectivity index (χ1n) is 11.1. The van der Waals surface area contributed by atoms with Gasteiger partial charge >= 0.3 is 5.97 Å². The largest absolute Gasteiger partial charge is 0.494 e. The second-order valence-corrected chi connectivity index (χ2v) is 10.1. The Bertz CT molecular complexity index is 1420. The zero-order valence-corrected chi connectivity index (χ0v) is 21.1. The maximum atomic E-state index is 12.7. The van der Waals surface area contributed by atoms with Crippen molar-refractivity contribution >= 4 is 61.9 Å². The Labute approximate surface area is 215 Å². The maximum absolute atomic E-state index is 12.7. The van der Waals surface area contributed by atoms with Gasteiger partial charge in [-0.3, -0.25) is 9.59 Å². The van der Waals surface area contributed by atoms with Crippen LogP contribution in [0.3, 0.4) is 0 Å². The number of benzene rings is 3. The zero-order valence-electron chi connectivity index (χ0n) is 19.5. The molecule has 0 aliphatic heterocycles. The Morgan fingerprint density at radius 3 is 2.44 bits per heavy atom. The summed E-state index contributed by atoms with van der Waals surface area (Å²) in [7, 11) is 0. The molecule has 184 valence electrons. The van der Waals surface area contributed by atoms with Gasteiger partial charge in [-0.15, -0.1) is 11.8 Å². The molecule has 1 heterocycles. The molecule has 0 spiro atoms. The fraction of sp³-hybridized carbons (Fsp3) is 0.154. The second-order valence-electron chi connectivity index (χ2n) is 7.66. The molecule has 36 heavy (non-hydrogen) atoms. The molecule has 0 bridgehead atoms. The lowest BCUT2D eigenvalue weighted by Gasteiger charge is -2.11. The highest BCUT2D eigenvalue weighted by Gasteiger charge is 2.18. The molecule has 0 fully saturated rings. The van der Waals surface area contributed by atoms with E-state index in [1.165, 1.54) is 35.2 Å². The topological polar surface area (TPSA) is 118 Å². The van der Waals surface area contributed by atoms with Crippen LogP contribution in [0.25, 0.3) is 10.2 Å². The number of amides is 2. The van der Waals surface area contributed by atoms with Gasteiger partial charge in [-0.2, -0.15) is 0 Å². The van der Waals surface area contributed by atoms with E-state index in [0.29, 0.717) is 17.4 Å². The van der Waals surface area contributed by atoms with Gasteiger partial charge in [0, 0.05) is 10.6 Å². The van der Waals surface area contributed by atoms with Gasteiger partial charge in [0.05, 0.1) is 33.2 Å². The molecule has 4 rings (SSSR count). The molecule has 4 aromatic rings. The third kappa shape index (κ3) is 6.02. The Balaban J connectivity index is 1.35. The molecule has 0 aliphatic rings. The van der Waals surface area contributed by atoms with Gasteiger partial charge < -0.3 is 20.5 Å². The number of rotatable bonds is 9. The van der Waals surface area contributed by atoms with Crippen LogP contribution in [0.1, 0.15) is 34.6 Å². The molecule has 0 saturated heterocycles. The van der Waals surface area contributed by atoms with Crippen LogP contribution in [0.5, 0.6) is 5.75 Å². The van der Waals surface area contributed by atoms with Crippen molar-refractivity contribution in [2.75, 3.05) is 17.2 Å². The van der Waals surface area contributed by atoms with Crippen molar-refractivity contribution < 1.29 is 24.2 Å². The van der Waals surface area contributed by atoms with Gasteiger partial charge in [-0.05, 0) is 68.4 Å². The van der Waals surface area contributed by atoms with E-state index in [0.717, 1.165) is 20.9 Å². The average Bonchev–Trinajstić information content (AvgIpc) is 3.26. The molecule has 0 saturated carbocycles. The highest BCUT2D eigenvalue weighted by molar-refractivity contribution is 8.00. The van der Waals surface area contributed by atoms with Crippen LogP contribution in [0, 0.1) is 0 Å². The van der Waals surface area contributed by atoms with Crippen LogP contribution in [0.15, 0.2) is 71.6 Å². The van der Waals surface area contributed by atoms with Gasteiger partial charge in [-0.1, -0.05) is 23.5 Å². The lowest BCUT2D eigenvalue weighted by Crippen LogP contribution is -2.22. The van der Waals surface area contributed by atoms with E-state index in [2.05, 4.69) is 15.6 Å². The fourth-order valence-corrected chi connectivity index (χ4v) is 5.13. The standard InChI is InChI=1S/C26H23N3O5S2/c1-3-34-17-10-13-21-22(14-17)36-26(28-21)29-23(30)15(2)35-18-11-8-16(9-12-18)27-24(31)19-6-4-5-7-20(19)25(32)33/h4-15H,3H2,1-2H3,(H,27,31)(H,32,33)(H,28,29,30). The summed E-state index contributed by atoms with van der Waals surface area (Å²) in [5, 5.41) is 15.0. The zero-order chi connectivity index (χ0) is 25.7. The van der Waals surface area contributed by atoms with E-state index in [9.17, 15) is 19.5 Å². The number of carbonyl (C=O) groups excluding carboxylic acids is 2. The summed E-state index contributed by atoms with van der Waals surface area (Å²) < 4.78 is 6.45. The van der Waals surface area contributed by atoms with Crippen LogP contribution in [0.4, 0.5) is 10.8 Å². The van der Waals surface area contributed by atoms with Gasteiger partial charge in [0.25, 0.3) is 5.91 Å². The van der Waals surface area contributed by atoms with E-state index >= 15 is 0 Å². The minimum atomic E-state index is -1.17. The number of aromatic carboxylic acids is 1. The minimum Gasteiger partial charge on any atom is -0.494 e. The number of thioether (sulfide) groups is 1. The van der Waals surface area contributed by atoms with Crippen LogP contribution in [0.2, 0.25) is 0 Å². The van der Waals surface area contributed by atoms with Gasteiger partial charge in [0.2, 0.25) is 5.91 Å². The number of aromatic nitrogens is 1. The molecule has 2 amide bonds. The van der Waals surface area contributed by atoms with Crippen LogP contribution < -0.4 is 15.4 Å². The quantitative estimate of drug-likeness (QED) is 0.240. The molecular weight excluding hydrogens is 498 g/mol. The number of ether oxygens (including phenoxy) is 1. The Kier molecular flexibility index (Phi) is 7.87.